The van der Waals surface area contributed by atoms with Gasteiger partial charge in [-0.05, 0) is 64.5 Å². The summed E-state index contributed by atoms with van der Waals surface area (Å²) in [7, 11) is 1.61. The molecule has 0 aliphatic heterocycles. The lowest BCUT2D eigenvalue weighted by molar-refractivity contribution is 0.0279. The molecule has 0 bridgehead atoms. The van der Waals surface area contributed by atoms with Gasteiger partial charge < -0.3 is 35.5 Å². The number of rotatable bonds is 12. The third-order valence-corrected chi connectivity index (χ3v) is 7.40. The van der Waals surface area contributed by atoms with Crippen molar-refractivity contribution in [3.8, 4) is 11.6 Å². The van der Waals surface area contributed by atoms with Gasteiger partial charge in [0.1, 0.15) is 24.7 Å². The number of hydrogen-bond donors (Lipinski definition) is 4. The number of nitrogens with one attached hydrogen (secondary N) is 1. The van der Waals surface area contributed by atoms with Gasteiger partial charge in [0.05, 0.1) is 53.5 Å². The standard InChI is InChI=1S/C28H40N6O6/c1-28(2,37)16-39-23-11-10-22-20(14-31-34(22)24(23)17-4-5-17)26(36)32-18-6-8-19(9-7-18)40-27-21(25(29)35)15-30-33(27)12-13-38-3/h10-11,14-15,17-19,25,35,37H,4-9,12-13,16,29H2,1-3H3,(H,32,36)/t18-,19-,25?. The van der Waals surface area contributed by atoms with Gasteiger partial charge in [0, 0.05) is 19.1 Å². The molecule has 12 nitrogen and oxygen atoms in total. The van der Waals surface area contributed by atoms with Crippen LogP contribution in [-0.2, 0) is 11.3 Å². The lowest BCUT2D eigenvalue weighted by atomic mass is 9.92. The normalized spacial score (nSPS) is 20.4. The molecule has 0 radical (unpaired) electrons. The summed E-state index contributed by atoms with van der Waals surface area (Å²) in [5.41, 5.74) is 7.42. The van der Waals surface area contributed by atoms with Crippen LogP contribution in [0.1, 0.15) is 86.1 Å². The molecular weight excluding hydrogens is 516 g/mol. The van der Waals surface area contributed by atoms with Crippen molar-refractivity contribution in [1.82, 2.24) is 24.7 Å². The fraction of sp³-hybridized carbons (Fsp3) is 0.607. The number of ether oxygens (including phenoxy) is 3. The van der Waals surface area contributed by atoms with Gasteiger partial charge in [-0.25, -0.2) is 9.20 Å². The molecule has 0 saturated heterocycles. The Morgan fingerprint density at radius 2 is 1.93 bits per heavy atom. The predicted octanol–water partition coefficient (Wildman–Crippen LogP) is 2.27. The highest BCUT2D eigenvalue weighted by Gasteiger charge is 2.32. The van der Waals surface area contributed by atoms with E-state index in [1.165, 1.54) is 6.20 Å². The summed E-state index contributed by atoms with van der Waals surface area (Å²) in [6.07, 6.45) is 6.95. The first-order valence-corrected chi connectivity index (χ1v) is 14.0. The molecule has 2 fully saturated rings. The van der Waals surface area contributed by atoms with Gasteiger partial charge in [-0.15, -0.1) is 0 Å². The summed E-state index contributed by atoms with van der Waals surface area (Å²) in [6.45, 7) is 4.52. The van der Waals surface area contributed by atoms with Gasteiger partial charge in [-0.3, -0.25) is 4.79 Å². The fourth-order valence-corrected chi connectivity index (χ4v) is 5.14. The van der Waals surface area contributed by atoms with Crippen LogP contribution in [-0.4, -0.2) is 73.6 Å². The minimum Gasteiger partial charge on any atom is -0.489 e. The van der Waals surface area contributed by atoms with Crippen LogP contribution in [0.5, 0.6) is 11.6 Å². The summed E-state index contributed by atoms with van der Waals surface area (Å²) < 4.78 is 20.8. The molecule has 12 heteroatoms. The third kappa shape index (κ3) is 6.41. The van der Waals surface area contributed by atoms with Crippen molar-refractivity contribution in [2.45, 2.75) is 88.8 Å². The van der Waals surface area contributed by atoms with Crippen LogP contribution >= 0.6 is 0 Å². The van der Waals surface area contributed by atoms with Crippen molar-refractivity contribution in [1.29, 1.82) is 0 Å². The van der Waals surface area contributed by atoms with Crippen molar-refractivity contribution in [2.24, 2.45) is 5.73 Å². The van der Waals surface area contributed by atoms with E-state index in [4.69, 9.17) is 19.9 Å². The number of fused-ring (bicyclic) bond motifs is 1. The molecule has 3 heterocycles. The molecule has 0 spiro atoms. The first-order valence-electron chi connectivity index (χ1n) is 14.0. The van der Waals surface area contributed by atoms with Gasteiger partial charge >= 0.3 is 0 Å². The fourth-order valence-electron chi connectivity index (χ4n) is 5.14. The number of aliphatic hydroxyl groups is 2. The number of amides is 1. The van der Waals surface area contributed by atoms with Crippen LogP contribution in [0.15, 0.2) is 24.5 Å². The summed E-state index contributed by atoms with van der Waals surface area (Å²) >= 11 is 0. The Kier molecular flexibility index (Phi) is 8.31. The van der Waals surface area contributed by atoms with E-state index in [9.17, 15) is 15.0 Å². The highest BCUT2D eigenvalue weighted by atomic mass is 16.5. The summed E-state index contributed by atoms with van der Waals surface area (Å²) in [4.78, 5) is 13.3. The topological polar surface area (TPSA) is 158 Å². The molecule has 2 aliphatic carbocycles. The smallest absolute Gasteiger partial charge is 0.255 e. The average molecular weight is 557 g/mol. The van der Waals surface area contributed by atoms with Crippen molar-refractivity contribution in [2.75, 3.05) is 20.3 Å². The van der Waals surface area contributed by atoms with Gasteiger partial charge in [-0.1, -0.05) is 0 Å². The van der Waals surface area contributed by atoms with Crippen LogP contribution < -0.4 is 20.5 Å². The Hall–Kier alpha value is -3.19. The van der Waals surface area contributed by atoms with Crippen molar-refractivity contribution >= 4 is 11.4 Å². The van der Waals surface area contributed by atoms with Crippen molar-refractivity contribution < 1.29 is 29.2 Å². The largest absolute Gasteiger partial charge is 0.489 e. The van der Waals surface area contributed by atoms with E-state index in [-0.39, 0.29) is 24.7 Å². The number of methoxy groups -OCH3 is 1. The maximum Gasteiger partial charge on any atom is 0.255 e. The molecule has 1 atom stereocenters. The SMILES string of the molecule is COCCn1ncc(C(N)O)c1O[C@H]1CC[C@H](NC(=O)c2cnn3c(C4CC4)c(OCC(C)(C)O)ccc23)CC1. The minimum atomic E-state index is -1.18. The van der Waals surface area contributed by atoms with E-state index in [2.05, 4.69) is 15.5 Å². The number of pyridine rings is 1. The number of carbonyl (C=O) groups is 1. The van der Waals surface area contributed by atoms with Gasteiger partial charge in [-0.2, -0.15) is 10.2 Å². The van der Waals surface area contributed by atoms with E-state index in [1.807, 2.05) is 16.6 Å². The molecule has 2 aliphatic rings. The van der Waals surface area contributed by atoms with Crippen LogP contribution in [0.25, 0.3) is 5.52 Å². The number of hydrogen-bond acceptors (Lipinski definition) is 9. The Morgan fingerprint density at radius 3 is 2.58 bits per heavy atom. The molecule has 2 saturated carbocycles. The lowest BCUT2D eigenvalue weighted by Gasteiger charge is -2.30. The summed E-state index contributed by atoms with van der Waals surface area (Å²) in [6, 6.07) is 3.74. The van der Waals surface area contributed by atoms with Gasteiger partial charge in [0.15, 0.2) is 0 Å². The Labute approximate surface area is 233 Å². The number of nitrogens with two attached hydrogens (primary N) is 1. The quantitative estimate of drug-likeness (QED) is 0.246. The molecule has 3 aromatic heterocycles. The number of aliphatic hydroxyl groups excluding tert-OH is 1. The zero-order valence-corrected chi connectivity index (χ0v) is 23.4. The average Bonchev–Trinajstić information content (AvgIpc) is 3.53. The number of aromatic nitrogens is 4. The summed E-state index contributed by atoms with van der Waals surface area (Å²) in [5.74, 6) is 1.33. The highest BCUT2D eigenvalue weighted by Crippen LogP contribution is 2.44. The molecule has 1 unspecified atom stereocenters. The van der Waals surface area contributed by atoms with Gasteiger partial charge in [0.25, 0.3) is 5.91 Å². The van der Waals surface area contributed by atoms with E-state index in [0.29, 0.717) is 41.8 Å². The molecule has 3 aromatic rings. The maximum absolute atomic E-state index is 13.3. The second-order valence-corrected chi connectivity index (χ2v) is 11.4. The van der Waals surface area contributed by atoms with E-state index >= 15 is 0 Å². The van der Waals surface area contributed by atoms with E-state index < -0.39 is 11.8 Å². The highest BCUT2D eigenvalue weighted by molar-refractivity contribution is 6.00. The first-order chi connectivity index (χ1) is 19.1. The number of carbonyl (C=O) groups excluding carboxylic acids is 1. The zero-order valence-electron chi connectivity index (χ0n) is 23.4. The Balaban J connectivity index is 1.22. The van der Waals surface area contributed by atoms with Crippen molar-refractivity contribution in [3.05, 3.63) is 41.3 Å². The molecule has 5 rings (SSSR count). The lowest BCUT2D eigenvalue weighted by Crippen LogP contribution is -2.40. The molecule has 1 amide bonds. The molecule has 40 heavy (non-hydrogen) atoms. The first kappa shape index (κ1) is 28.3. The molecule has 5 N–H and O–H groups in total. The second-order valence-electron chi connectivity index (χ2n) is 11.4. The van der Waals surface area contributed by atoms with E-state index in [0.717, 1.165) is 49.7 Å². The Bertz CT molecular complexity index is 1320. The van der Waals surface area contributed by atoms with E-state index in [1.54, 1.807) is 31.8 Å². The predicted molar refractivity (Wildman–Crippen MR) is 146 cm³/mol. The monoisotopic (exact) mass is 556 g/mol. The zero-order chi connectivity index (χ0) is 28.4. The molecule has 0 aromatic carbocycles. The summed E-state index contributed by atoms with van der Waals surface area (Å²) in [5, 5.41) is 32.1. The molecule has 218 valence electrons. The Morgan fingerprint density at radius 1 is 1.18 bits per heavy atom. The molecular formula is C28H40N6O6. The van der Waals surface area contributed by atoms with Crippen molar-refractivity contribution in [3.63, 3.8) is 0 Å². The second kappa shape index (κ2) is 11.7. The number of nitrogens with zero attached hydrogens (tertiary/aromatic N) is 4. The van der Waals surface area contributed by atoms with Crippen LogP contribution in [0, 0.1) is 0 Å². The minimum absolute atomic E-state index is 0.0116. The van der Waals surface area contributed by atoms with Crippen LogP contribution in [0.2, 0.25) is 0 Å². The third-order valence-electron chi connectivity index (χ3n) is 7.40. The van der Waals surface area contributed by atoms with Crippen LogP contribution in [0.4, 0.5) is 0 Å². The maximum atomic E-state index is 13.3. The van der Waals surface area contributed by atoms with Gasteiger partial charge in [0.2, 0.25) is 5.88 Å². The van der Waals surface area contributed by atoms with Crippen LogP contribution in [0.3, 0.4) is 0 Å².